The van der Waals surface area contributed by atoms with E-state index in [0.29, 0.717) is 6.04 Å². The smallest absolute Gasteiger partial charge is 0.247 e. The van der Waals surface area contributed by atoms with Gasteiger partial charge in [-0.3, -0.25) is 4.79 Å². The number of hydrogen-bond acceptors (Lipinski definition) is 2. The minimum atomic E-state index is 0.144. The van der Waals surface area contributed by atoms with Crippen LogP contribution in [0.1, 0.15) is 13.8 Å². The molecule has 0 atom stereocenters. The Bertz CT molecular complexity index is 177. The number of nitrogens with zero attached hydrogens (tertiary/aromatic N) is 1. The van der Waals surface area contributed by atoms with Crippen LogP contribution >= 0.6 is 11.8 Å². The number of thioether (sulfide) groups is 1. The van der Waals surface area contributed by atoms with Gasteiger partial charge in [-0.2, -0.15) is 0 Å². The summed E-state index contributed by atoms with van der Waals surface area (Å²) in [6, 6.07) is 0.317. The molecule has 1 aliphatic rings. The Morgan fingerprint density at radius 1 is 1.64 bits per heavy atom. The van der Waals surface area contributed by atoms with Gasteiger partial charge in [0.15, 0.2) is 0 Å². The average molecular weight is 171 g/mol. The molecule has 0 N–H and O–H groups in total. The van der Waals surface area contributed by atoms with Crippen molar-refractivity contribution in [1.82, 2.24) is 4.90 Å². The summed E-state index contributed by atoms with van der Waals surface area (Å²) >= 11 is 1.77. The SMILES string of the molecule is CC(C)N1CSCC=CC1=O. The van der Waals surface area contributed by atoms with E-state index in [9.17, 15) is 4.79 Å². The Kier molecular flexibility index (Phi) is 3.00. The lowest BCUT2D eigenvalue weighted by Gasteiger charge is -2.23. The van der Waals surface area contributed by atoms with Crippen LogP contribution in [0.15, 0.2) is 12.2 Å². The van der Waals surface area contributed by atoms with Gasteiger partial charge in [-0.1, -0.05) is 6.08 Å². The molecule has 1 amide bonds. The molecule has 1 rings (SSSR count). The van der Waals surface area contributed by atoms with E-state index in [1.54, 1.807) is 17.8 Å². The van der Waals surface area contributed by atoms with Crippen LogP contribution in [0, 0.1) is 0 Å². The largest absolute Gasteiger partial charge is 0.327 e. The average Bonchev–Trinajstić information content (AvgIpc) is 2.13. The molecular weight excluding hydrogens is 158 g/mol. The first-order valence-corrected chi connectivity index (χ1v) is 4.92. The molecule has 0 aliphatic carbocycles. The lowest BCUT2D eigenvalue weighted by molar-refractivity contribution is -0.126. The third kappa shape index (κ3) is 2.26. The maximum absolute atomic E-state index is 11.3. The molecule has 0 aromatic carbocycles. The van der Waals surface area contributed by atoms with Crippen LogP contribution in [0.4, 0.5) is 0 Å². The van der Waals surface area contributed by atoms with Gasteiger partial charge in [-0.05, 0) is 19.9 Å². The summed E-state index contributed by atoms with van der Waals surface area (Å²) in [5.41, 5.74) is 0. The zero-order valence-electron chi connectivity index (χ0n) is 6.91. The quantitative estimate of drug-likeness (QED) is 0.595. The molecule has 62 valence electrons. The molecule has 0 spiro atoms. The van der Waals surface area contributed by atoms with Gasteiger partial charge in [-0.15, -0.1) is 11.8 Å². The van der Waals surface area contributed by atoms with Gasteiger partial charge < -0.3 is 4.90 Å². The molecule has 1 heterocycles. The molecule has 0 unspecified atom stereocenters. The van der Waals surface area contributed by atoms with Gasteiger partial charge in [0.2, 0.25) is 5.91 Å². The number of amides is 1. The Hall–Kier alpha value is -0.440. The minimum absolute atomic E-state index is 0.144. The second kappa shape index (κ2) is 3.81. The second-order valence-corrected chi connectivity index (χ2v) is 3.80. The summed E-state index contributed by atoms with van der Waals surface area (Å²) in [5.74, 6) is 1.92. The normalized spacial score (nSPS) is 19.2. The maximum Gasteiger partial charge on any atom is 0.247 e. The summed E-state index contributed by atoms with van der Waals surface area (Å²) in [5, 5.41) is 0. The van der Waals surface area contributed by atoms with Crippen LogP contribution < -0.4 is 0 Å². The first kappa shape index (κ1) is 8.65. The van der Waals surface area contributed by atoms with E-state index in [4.69, 9.17) is 0 Å². The van der Waals surface area contributed by atoms with Crippen molar-refractivity contribution in [3.63, 3.8) is 0 Å². The van der Waals surface area contributed by atoms with Gasteiger partial charge >= 0.3 is 0 Å². The Balaban J connectivity index is 2.63. The summed E-state index contributed by atoms with van der Waals surface area (Å²) in [7, 11) is 0. The van der Waals surface area contributed by atoms with Crippen molar-refractivity contribution in [3.05, 3.63) is 12.2 Å². The highest BCUT2D eigenvalue weighted by Gasteiger charge is 2.15. The summed E-state index contributed by atoms with van der Waals surface area (Å²) in [6.45, 7) is 4.08. The van der Waals surface area contributed by atoms with Crippen molar-refractivity contribution in [3.8, 4) is 0 Å². The van der Waals surface area contributed by atoms with E-state index in [2.05, 4.69) is 0 Å². The highest BCUT2D eigenvalue weighted by molar-refractivity contribution is 7.99. The van der Waals surface area contributed by atoms with Crippen molar-refractivity contribution in [2.45, 2.75) is 19.9 Å². The first-order chi connectivity index (χ1) is 5.22. The lowest BCUT2D eigenvalue weighted by Crippen LogP contribution is -2.34. The van der Waals surface area contributed by atoms with Gasteiger partial charge in [0.1, 0.15) is 0 Å². The van der Waals surface area contributed by atoms with E-state index < -0.39 is 0 Å². The van der Waals surface area contributed by atoms with Gasteiger partial charge in [0.05, 0.1) is 5.88 Å². The van der Waals surface area contributed by atoms with Crippen LogP contribution in [-0.2, 0) is 4.79 Å². The number of hydrogen-bond donors (Lipinski definition) is 0. The molecule has 0 fully saturated rings. The van der Waals surface area contributed by atoms with Crippen molar-refractivity contribution >= 4 is 17.7 Å². The molecule has 0 aromatic rings. The molecule has 0 aromatic heterocycles. The van der Waals surface area contributed by atoms with Crippen LogP contribution in [0.5, 0.6) is 0 Å². The van der Waals surface area contributed by atoms with Crippen molar-refractivity contribution in [2.24, 2.45) is 0 Å². The molecule has 2 nitrogen and oxygen atoms in total. The summed E-state index contributed by atoms with van der Waals surface area (Å²) in [4.78, 5) is 13.2. The highest BCUT2D eigenvalue weighted by atomic mass is 32.2. The molecule has 1 aliphatic heterocycles. The lowest BCUT2D eigenvalue weighted by atomic mass is 10.3. The van der Waals surface area contributed by atoms with Gasteiger partial charge in [-0.25, -0.2) is 0 Å². The third-order valence-corrected chi connectivity index (χ3v) is 2.50. The fourth-order valence-corrected chi connectivity index (χ4v) is 1.89. The van der Waals surface area contributed by atoms with E-state index in [1.165, 1.54) is 0 Å². The minimum Gasteiger partial charge on any atom is -0.327 e. The first-order valence-electron chi connectivity index (χ1n) is 3.76. The zero-order valence-corrected chi connectivity index (χ0v) is 7.73. The number of rotatable bonds is 1. The molecular formula is C8H13NOS. The molecule has 3 heteroatoms. The molecule has 0 radical (unpaired) electrons. The van der Waals surface area contributed by atoms with Gasteiger partial charge in [0.25, 0.3) is 0 Å². The predicted molar refractivity (Wildman–Crippen MR) is 48.4 cm³/mol. The molecule has 0 saturated heterocycles. The molecule has 0 bridgehead atoms. The van der Waals surface area contributed by atoms with Crippen LogP contribution in [0.3, 0.4) is 0 Å². The summed E-state index contributed by atoms with van der Waals surface area (Å²) < 4.78 is 0. The van der Waals surface area contributed by atoms with Crippen LogP contribution in [-0.4, -0.2) is 28.5 Å². The Morgan fingerprint density at radius 3 is 3.00 bits per heavy atom. The second-order valence-electron chi connectivity index (χ2n) is 2.80. The Morgan fingerprint density at radius 2 is 2.36 bits per heavy atom. The van der Waals surface area contributed by atoms with Crippen LogP contribution in [0.25, 0.3) is 0 Å². The number of carbonyl (C=O) groups is 1. The Labute approximate surface area is 71.6 Å². The monoisotopic (exact) mass is 171 g/mol. The van der Waals surface area contributed by atoms with Gasteiger partial charge in [0, 0.05) is 11.8 Å². The fourth-order valence-electron chi connectivity index (χ4n) is 0.931. The third-order valence-electron chi connectivity index (χ3n) is 1.61. The maximum atomic E-state index is 11.3. The van der Waals surface area contributed by atoms with E-state index in [0.717, 1.165) is 11.6 Å². The standard InChI is InChI=1S/C8H13NOS/c1-7(2)9-6-11-5-3-4-8(9)10/h3-4,7H,5-6H2,1-2H3. The number of carbonyl (C=O) groups excluding carboxylic acids is 1. The van der Waals surface area contributed by atoms with E-state index >= 15 is 0 Å². The zero-order chi connectivity index (χ0) is 8.27. The van der Waals surface area contributed by atoms with E-state index in [-0.39, 0.29) is 5.91 Å². The molecule has 0 saturated carbocycles. The topological polar surface area (TPSA) is 20.3 Å². The fraction of sp³-hybridized carbons (Fsp3) is 0.625. The predicted octanol–water partition coefficient (Wildman–Crippen LogP) is 1.48. The molecule has 11 heavy (non-hydrogen) atoms. The van der Waals surface area contributed by atoms with Crippen molar-refractivity contribution in [1.29, 1.82) is 0 Å². The van der Waals surface area contributed by atoms with Crippen LogP contribution in [0.2, 0.25) is 0 Å². The summed E-state index contributed by atoms with van der Waals surface area (Å²) in [6.07, 6.45) is 3.59. The van der Waals surface area contributed by atoms with Crippen molar-refractivity contribution < 1.29 is 4.79 Å². The van der Waals surface area contributed by atoms with E-state index in [1.807, 2.05) is 24.8 Å². The highest BCUT2D eigenvalue weighted by Crippen LogP contribution is 2.12. The van der Waals surface area contributed by atoms with Crippen molar-refractivity contribution in [2.75, 3.05) is 11.6 Å².